The minimum absolute atomic E-state index is 0.0275. The minimum atomic E-state index is -0.266. The predicted molar refractivity (Wildman–Crippen MR) is 120 cm³/mol. The van der Waals surface area contributed by atoms with Gasteiger partial charge in [-0.3, -0.25) is 9.59 Å². The Hall–Kier alpha value is -2.55. The van der Waals surface area contributed by atoms with Gasteiger partial charge in [-0.15, -0.1) is 10.2 Å². The first-order valence-electron chi connectivity index (χ1n) is 8.95. The van der Waals surface area contributed by atoms with Crippen LogP contribution in [0, 0.1) is 6.92 Å². The lowest BCUT2D eigenvalue weighted by molar-refractivity contribution is -0.116. The maximum absolute atomic E-state index is 12.3. The molecule has 0 aliphatic carbocycles. The Morgan fingerprint density at radius 3 is 2.53 bits per heavy atom. The summed E-state index contributed by atoms with van der Waals surface area (Å²) in [4.78, 5) is 24.5. The Morgan fingerprint density at radius 1 is 1.03 bits per heavy atom. The second-order valence-corrected chi connectivity index (χ2v) is 8.22. The highest BCUT2D eigenvalue weighted by atomic mass is 35.5. The van der Waals surface area contributed by atoms with E-state index in [1.165, 1.54) is 11.8 Å². The molecule has 2 N–H and O–H groups in total. The molecule has 0 unspecified atom stereocenters. The number of carbonyl (C=O) groups is 2. The number of thioether (sulfide) groups is 1. The van der Waals surface area contributed by atoms with Gasteiger partial charge in [-0.25, -0.2) is 0 Å². The van der Waals surface area contributed by atoms with Gasteiger partial charge in [-0.1, -0.05) is 53.2 Å². The molecule has 3 rings (SSSR count). The summed E-state index contributed by atoms with van der Waals surface area (Å²) in [7, 11) is 1.75. The maximum Gasteiger partial charge on any atom is 0.234 e. The third-order valence-corrected chi connectivity index (χ3v) is 5.96. The smallest absolute Gasteiger partial charge is 0.234 e. The zero-order chi connectivity index (χ0) is 21.7. The van der Waals surface area contributed by atoms with Crippen LogP contribution in [0.2, 0.25) is 10.0 Å². The van der Waals surface area contributed by atoms with E-state index in [0.29, 0.717) is 26.7 Å². The van der Waals surface area contributed by atoms with E-state index >= 15 is 0 Å². The number of para-hydroxylation sites is 1. The van der Waals surface area contributed by atoms with Crippen molar-refractivity contribution in [2.24, 2.45) is 7.05 Å². The van der Waals surface area contributed by atoms with Crippen LogP contribution in [0.1, 0.15) is 11.4 Å². The van der Waals surface area contributed by atoms with E-state index < -0.39 is 0 Å². The number of amides is 2. The zero-order valence-electron chi connectivity index (χ0n) is 16.3. The van der Waals surface area contributed by atoms with E-state index in [2.05, 4.69) is 20.8 Å². The zero-order valence-corrected chi connectivity index (χ0v) is 18.6. The summed E-state index contributed by atoms with van der Waals surface area (Å²) in [5.41, 5.74) is 2.31. The Morgan fingerprint density at radius 2 is 1.80 bits per heavy atom. The van der Waals surface area contributed by atoms with Crippen LogP contribution >= 0.6 is 35.0 Å². The molecule has 0 radical (unpaired) electrons. The number of halogens is 2. The first-order chi connectivity index (χ1) is 14.3. The van der Waals surface area contributed by atoms with Crippen LogP contribution in [0.25, 0.3) is 0 Å². The van der Waals surface area contributed by atoms with Gasteiger partial charge in [0, 0.05) is 18.4 Å². The number of nitrogens with zero attached hydrogens (tertiary/aromatic N) is 3. The molecule has 3 aromatic rings. The van der Waals surface area contributed by atoms with Crippen molar-refractivity contribution in [2.45, 2.75) is 18.5 Å². The fraction of sp³-hybridized carbons (Fsp3) is 0.200. The van der Waals surface area contributed by atoms with E-state index in [9.17, 15) is 9.59 Å². The highest BCUT2D eigenvalue weighted by Gasteiger charge is 2.15. The van der Waals surface area contributed by atoms with Crippen molar-refractivity contribution in [1.82, 2.24) is 14.8 Å². The van der Waals surface area contributed by atoms with Gasteiger partial charge in [0.2, 0.25) is 11.8 Å². The van der Waals surface area contributed by atoms with Crippen molar-refractivity contribution in [3.05, 3.63) is 63.9 Å². The Balaban J connectivity index is 1.55. The molecular formula is C20H19Cl2N5O2S. The van der Waals surface area contributed by atoms with Gasteiger partial charge in [0.05, 0.1) is 22.2 Å². The summed E-state index contributed by atoms with van der Waals surface area (Å²) in [6.07, 6.45) is 0.0275. The van der Waals surface area contributed by atoms with Crippen molar-refractivity contribution in [3.8, 4) is 0 Å². The van der Waals surface area contributed by atoms with Gasteiger partial charge in [0.1, 0.15) is 5.82 Å². The molecule has 0 aliphatic heterocycles. The SMILES string of the molecule is Cc1ccccc1NC(=O)CSc1nnc(CC(=O)Nc2ccc(Cl)c(Cl)c2)n1C. The molecule has 156 valence electrons. The van der Waals surface area contributed by atoms with Crippen LogP contribution in [-0.4, -0.2) is 32.3 Å². The van der Waals surface area contributed by atoms with Gasteiger partial charge >= 0.3 is 0 Å². The number of aryl methyl sites for hydroxylation is 1. The van der Waals surface area contributed by atoms with E-state index in [1.807, 2.05) is 31.2 Å². The fourth-order valence-electron chi connectivity index (χ4n) is 2.58. The molecule has 1 heterocycles. The predicted octanol–water partition coefficient (Wildman–Crippen LogP) is 4.34. The molecular weight excluding hydrogens is 445 g/mol. The summed E-state index contributed by atoms with van der Waals surface area (Å²) >= 11 is 13.1. The number of nitrogens with one attached hydrogen (secondary N) is 2. The second-order valence-electron chi connectivity index (χ2n) is 6.46. The van der Waals surface area contributed by atoms with Gasteiger partial charge in [-0.2, -0.15) is 0 Å². The first kappa shape index (κ1) is 22.1. The van der Waals surface area contributed by atoms with Crippen molar-refractivity contribution < 1.29 is 9.59 Å². The molecule has 2 aromatic carbocycles. The van der Waals surface area contributed by atoms with E-state index in [1.54, 1.807) is 29.8 Å². The largest absolute Gasteiger partial charge is 0.326 e. The Labute approximate surface area is 188 Å². The quantitative estimate of drug-likeness (QED) is 0.508. The molecule has 0 fully saturated rings. The fourth-order valence-corrected chi connectivity index (χ4v) is 3.60. The van der Waals surface area contributed by atoms with Crippen LogP contribution in [0.3, 0.4) is 0 Å². The van der Waals surface area contributed by atoms with E-state index in [-0.39, 0.29) is 24.0 Å². The Bertz CT molecular complexity index is 1090. The van der Waals surface area contributed by atoms with Crippen molar-refractivity contribution >= 4 is 58.2 Å². The summed E-state index contributed by atoms with van der Waals surface area (Å²) in [6, 6.07) is 12.4. The number of carbonyl (C=O) groups excluding carboxylic acids is 2. The molecule has 0 saturated carbocycles. The highest BCUT2D eigenvalue weighted by molar-refractivity contribution is 7.99. The molecule has 0 spiro atoms. The normalized spacial score (nSPS) is 10.7. The Kier molecular flexibility index (Phi) is 7.36. The monoisotopic (exact) mass is 463 g/mol. The standard InChI is InChI=1S/C20H19Cl2N5O2S/c1-12-5-3-4-6-16(12)24-19(29)11-30-20-26-25-17(27(20)2)10-18(28)23-13-7-8-14(21)15(22)9-13/h3-9H,10-11H2,1-2H3,(H,23,28)(H,24,29). The van der Waals surface area contributed by atoms with Gasteiger partial charge < -0.3 is 15.2 Å². The molecule has 2 amide bonds. The minimum Gasteiger partial charge on any atom is -0.326 e. The third kappa shape index (κ3) is 5.75. The highest BCUT2D eigenvalue weighted by Crippen LogP contribution is 2.25. The lowest BCUT2D eigenvalue weighted by Crippen LogP contribution is -2.17. The molecule has 30 heavy (non-hydrogen) atoms. The second kappa shape index (κ2) is 9.97. The molecule has 1 aromatic heterocycles. The molecule has 0 atom stereocenters. The molecule has 0 saturated heterocycles. The number of aromatic nitrogens is 3. The summed E-state index contributed by atoms with van der Waals surface area (Å²) in [5.74, 6) is 0.249. The number of rotatable bonds is 7. The number of anilines is 2. The average Bonchev–Trinajstić information content (AvgIpc) is 3.04. The summed E-state index contributed by atoms with van der Waals surface area (Å²) < 4.78 is 1.69. The lowest BCUT2D eigenvalue weighted by Gasteiger charge is -2.08. The van der Waals surface area contributed by atoms with Crippen LogP contribution in [0.4, 0.5) is 11.4 Å². The van der Waals surface area contributed by atoms with E-state index in [0.717, 1.165) is 11.3 Å². The molecule has 0 bridgehead atoms. The van der Waals surface area contributed by atoms with Crippen LogP contribution in [0.5, 0.6) is 0 Å². The van der Waals surface area contributed by atoms with Crippen LogP contribution in [0.15, 0.2) is 47.6 Å². The van der Waals surface area contributed by atoms with Crippen molar-refractivity contribution in [3.63, 3.8) is 0 Å². The summed E-state index contributed by atoms with van der Waals surface area (Å²) in [6.45, 7) is 1.93. The topological polar surface area (TPSA) is 88.9 Å². The number of hydrogen-bond donors (Lipinski definition) is 2. The van der Waals surface area contributed by atoms with Gasteiger partial charge in [-0.05, 0) is 36.8 Å². The van der Waals surface area contributed by atoms with Crippen molar-refractivity contribution in [1.29, 1.82) is 0 Å². The molecule has 0 aliphatic rings. The van der Waals surface area contributed by atoms with Crippen LogP contribution < -0.4 is 10.6 Å². The number of hydrogen-bond acceptors (Lipinski definition) is 5. The maximum atomic E-state index is 12.3. The molecule has 10 heteroatoms. The van der Waals surface area contributed by atoms with Crippen LogP contribution in [-0.2, 0) is 23.1 Å². The van der Waals surface area contributed by atoms with Gasteiger partial charge in [0.25, 0.3) is 0 Å². The number of benzene rings is 2. The van der Waals surface area contributed by atoms with E-state index in [4.69, 9.17) is 23.2 Å². The molecule has 7 nitrogen and oxygen atoms in total. The van der Waals surface area contributed by atoms with Crippen molar-refractivity contribution in [2.75, 3.05) is 16.4 Å². The average molecular weight is 464 g/mol. The lowest BCUT2D eigenvalue weighted by atomic mass is 10.2. The van der Waals surface area contributed by atoms with Gasteiger partial charge in [0.15, 0.2) is 5.16 Å². The summed E-state index contributed by atoms with van der Waals surface area (Å²) in [5, 5.41) is 15.1. The first-order valence-corrected chi connectivity index (χ1v) is 10.7. The third-order valence-electron chi connectivity index (χ3n) is 4.20.